The molecule has 2 aromatic rings. The van der Waals surface area contributed by atoms with E-state index in [0.717, 1.165) is 56.1 Å². The Morgan fingerprint density at radius 2 is 1.45 bits per heavy atom. The van der Waals surface area contributed by atoms with Crippen LogP contribution >= 0.6 is 0 Å². The lowest BCUT2D eigenvalue weighted by atomic mass is 10.2. The molecular weight excluding hydrogens is 414 g/mol. The molecule has 4 rings (SSSR count). The number of carbonyl (C=O) groups is 2. The third kappa shape index (κ3) is 5.72. The van der Waals surface area contributed by atoms with Gasteiger partial charge in [-0.3, -0.25) is 19.4 Å². The molecule has 33 heavy (non-hydrogen) atoms. The summed E-state index contributed by atoms with van der Waals surface area (Å²) in [6, 6.07) is 16.5. The van der Waals surface area contributed by atoms with Gasteiger partial charge in [0.05, 0.1) is 13.1 Å². The number of likely N-dealkylation sites (N-methyl/N-ethyl adjacent to an activating group) is 1. The summed E-state index contributed by atoms with van der Waals surface area (Å²) in [5.74, 6) is 0.300. The number of fused-ring (bicyclic) bond motifs is 1. The Hall–Kier alpha value is -2.90. The molecule has 176 valence electrons. The van der Waals surface area contributed by atoms with Gasteiger partial charge in [0.25, 0.3) is 0 Å². The molecule has 7 nitrogen and oxygen atoms in total. The van der Waals surface area contributed by atoms with Gasteiger partial charge in [-0.1, -0.05) is 30.3 Å². The molecule has 0 aliphatic carbocycles. The molecule has 2 heterocycles. The Labute approximate surface area is 197 Å². The largest absolute Gasteiger partial charge is 0.378 e. The monoisotopic (exact) mass is 449 g/mol. The van der Waals surface area contributed by atoms with Gasteiger partial charge in [0.1, 0.15) is 0 Å². The van der Waals surface area contributed by atoms with Gasteiger partial charge in [-0.05, 0) is 35.7 Å². The van der Waals surface area contributed by atoms with Gasteiger partial charge in [0.15, 0.2) is 0 Å². The van der Waals surface area contributed by atoms with Gasteiger partial charge in [0, 0.05) is 71.8 Å². The van der Waals surface area contributed by atoms with Crippen molar-refractivity contribution >= 4 is 23.2 Å². The molecule has 7 heteroatoms. The van der Waals surface area contributed by atoms with E-state index in [2.05, 4.69) is 45.0 Å². The maximum absolute atomic E-state index is 12.9. The van der Waals surface area contributed by atoms with Gasteiger partial charge < -0.3 is 14.7 Å². The first kappa shape index (κ1) is 23.3. The molecule has 0 radical (unpaired) electrons. The van der Waals surface area contributed by atoms with Crippen molar-refractivity contribution in [3.63, 3.8) is 0 Å². The quantitative estimate of drug-likeness (QED) is 0.647. The molecule has 1 fully saturated rings. The third-order valence-corrected chi connectivity index (χ3v) is 6.67. The molecule has 0 spiro atoms. The first-order valence-corrected chi connectivity index (χ1v) is 11.7. The Morgan fingerprint density at radius 1 is 0.818 bits per heavy atom. The summed E-state index contributed by atoms with van der Waals surface area (Å²) < 4.78 is 0. The zero-order valence-corrected chi connectivity index (χ0v) is 20.0. The number of para-hydroxylation sites is 1. The number of hydrogen-bond donors (Lipinski definition) is 0. The van der Waals surface area contributed by atoms with Gasteiger partial charge in [0.2, 0.25) is 11.8 Å². The first-order valence-electron chi connectivity index (χ1n) is 11.7. The van der Waals surface area contributed by atoms with E-state index >= 15 is 0 Å². The van der Waals surface area contributed by atoms with Crippen molar-refractivity contribution in [3.8, 4) is 0 Å². The van der Waals surface area contributed by atoms with Crippen molar-refractivity contribution in [2.45, 2.75) is 13.0 Å². The maximum atomic E-state index is 12.9. The van der Waals surface area contributed by atoms with E-state index in [1.807, 2.05) is 44.2 Å². The summed E-state index contributed by atoms with van der Waals surface area (Å²) in [5.41, 5.74) is 4.60. The highest BCUT2D eigenvalue weighted by Crippen LogP contribution is 2.27. The summed E-state index contributed by atoms with van der Waals surface area (Å²) in [7, 11) is 5.91. The fourth-order valence-electron chi connectivity index (χ4n) is 4.55. The van der Waals surface area contributed by atoms with Gasteiger partial charge >= 0.3 is 0 Å². The highest BCUT2D eigenvalue weighted by molar-refractivity contribution is 5.96. The minimum atomic E-state index is 0.130. The molecule has 2 amide bonds. The minimum absolute atomic E-state index is 0.130. The number of piperazine rings is 1. The zero-order valence-electron chi connectivity index (χ0n) is 20.0. The van der Waals surface area contributed by atoms with Crippen LogP contribution in [0.1, 0.15) is 11.1 Å². The van der Waals surface area contributed by atoms with Crippen molar-refractivity contribution in [1.82, 2.24) is 14.7 Å². The Balaban J connectivity index is 1.20. The van der Waals surface area contributed by atoms with Crippen LogP contribution in [0.2, 0.25) is 0 Å². The second-order valence-corrected chi connectivity index (χ2v) is 9.29. The molecule has 2 aliphatic heterocycles. The highest BCUT2D eigenvalue weighted by Gasteiger charge is 2.27. The smallest absolute Gasteiger partial charge is 0.241 e. The van der Waals surface area contributed by atoms with Gasteiger partial charge in [-0.25, -0.2) is 0 Å². The highest BCUT2D eigenvalue weighted by atomic mass is 16.2. The topological polar surface area (TPSA) is 50.3 Å². The maximum Gasteiger partial charge on any atom is 0.241 e. The third-order valence-electron chi connectivity index (χ3n) is 6.67. The summed E-state index contributed by atoms with van der Waals surface area (Å²) in [5, 5.41) is 0. The molecule has 0 bridgehead atoms. The number of anilines is 2. The van der Waals surface area contributed by atoms with Crippen molar-refractivity contribution in [2.75, 3.05) is 76.8 Å². The van der Waals surface area contributed by atoms with Crippen LogP contribution in [0.3, 0.4) is 0 Å². The zero-order chi connectivity index (χ0) is 23.4. The summed E-state index contributed by atoms with van der Waals surface area (Å²) in [6.07, 6.45) is 0.936. The van der Waals surface area contributed by atoms with Crippen LogP contribution in [0.25, 0.3) is 0 Å². The van der Waals surface area contributed by atoms with Crippen molar-refractivity contribution < 1.29 is 9.59 Å². The second-order valence-electron chi connectivity index (χ2n) is 9.29. The van der Waals surface area contributed by atoms with Crippen LogP contribution in [-0.2, 0) is 22.6 Å². The minimum Gasteiger partial charge on any atom is -0.378 e. The number of carbonyl (C=O) groups excluding carboxylic acids is 2. The molecule has 1 saturated heterocycles. The molecular formula is C26H35N5O2. The number of benzene rings is 2. The average molecular weight is 450 g/mol. The molecule has 0 saturated carbocycles. The molecule has 2 aliphatic rings. The molecule has 2 aromatic carbocycles. The standard InChI is InChI=1S/C26H35N5O2/c1-27(2)23-10-8-21(9-11-23)18-28(3)25(32)19-29-14-16-30(17-15-29)20-26(33)31-13-12-22-6-4-5-7-24(22)31/h4-11H,12-20H2,1-3H3. The Kier molecular flexibility index (Phi) is 7.30. The fraction of sp³-hybridized carbons (Fsp3) is 0.462. The van der Waals surface area contributed by atoms with Crippen LogP contribution in [0.4, 0.5) is 11.4 Å². The van der Waals surface area contributed by atoms with Crippen molar-refractivity contribution in [2.24, 2.45) is 0 Å². The van der Waals surface area contributed by atoms with E-state index in [-0.39, 0.29) is 11.8 Å². The van der Waals surface area contributed by atoms with Crippen molar-refractivity contribution in [3.05, 3.63) is 59.7 Å². The summed E-state index contributed by atoms with van der Waals surface area (Å²) in [6.45, 7) is 5.48. The Morgan fingerprint density at radius 3 is 2.12 bits per heavy atom. The number of hydrogen-bond acceptors (Lipinski definition) is 5. The molecule has 0 N–H and O–H groups in total. The molecule has 0 aromatic heterocycles. The van der Waals surface area contributed by atoms with Crippen molar-refractivity contribution in [1.29, 1.82) is 0 Å². The van der Waals surface area contributed by atoms with Crippen LogP contribution in [0, 0.1) is 0 Å². The van der Waals surface area contributed by atoms with E-state index in [4.69, 9.17) is 0 Å². The molecule has 0 atom stereocenters. The summed E-state index contributed by atoms with van der Waals surface area (Å²) in [4.78, 5) is 35.8. The van der Waals surface area contributed by atoms with Crippen LogP contribution in [0.15, 0.2) is 48.5 Å². The van der Waals surface area contributed by atoms with Gasteiger partial charge in [-0.15, -0.1) is 0 Å². The predicted octanol–water partition coefficient (Wildman–Crippen LogP) is 1.92. The van der Waals surface area contributed by atoms with Crippen LogP contribution < -0.4 is 9.80 Å². The first-order chi connectivity index (χ1) is 15.9. The second kappa shape index (κ2) is 10.4. The number of amides is 2. The van der Waals surface area contributed by atoms with Crippen LogP contribution in [0.5, 0.6) is 0 Å². The van der Waals surface area contributed by atoms with Gasteiger partial charge in [-0.2, -0.15) is 0 Å². The number of nitrogens with zero attached hydrogens (tertiary/aromatic N) is 5. The SMILES string of the molecule is CN(Cc1ccc(N(C)C)cc1)C(=O)CN1CCN(CC(=O)N2CCc3ccccc32)CC1. The average Bonchev–Trinajstić information content (AvgIpc) is 3.25. The van der Waals surface area contributed by atoms with E-state index < -0.39 is 0 Å². The summed E-state index contributed by atoms with van der Waals surface area (Å²) >= 11 is 0. The predicted molar refractivity (Wildman–Crippen MR) is 133 cm³/mol. The fourth-order valence-corrected chi connectivity index (χ4v) is 4.55. The lowest BCUT2D eigenvalue weighted by molar-refractivity contribution is -0.132. The number of rotatable bonds is 7. The van der Waals surface area contributed by atoms with E-state index in [1.54, 1.807) is 4.90 Å². The Bertz CT molecular complexity index is 967. The van der Waals surface area contributed by atoms with E-state index in [1.165, 1.54) is 5.56 Å². The van der Waals surface area contributed by atoms with E-state index in [0.29, 0.717) is 19.6 Å². The van der Waals surface area contributed by atoms with Crippen LogP contribution in [-0.4, -0.2) is 93.5 Å². The normalized spacial score (nSPS) is 16.5. The lowest BCUT2D eigenvalue weighted by Crippen LogP contribution is -2.52. The molecule has 0 unspecified atom stereocenters. The lowest BCUT2D eigenvalue weighted by Gasteiger charge is -2.35. The van der Waals surface area contributed by atoms with E-state index in [9.17, 15) is 9.59 Å².